The first-order valence-corrected chi connectivity index (χ1v) is 9.50. The van der Waals surface area contributed by atoms with E-state index in [1.807, 2.05) is 54.6 Å². The van der Waals surface area contributed by atoms with Crippen LogP contribution in [0, 0.1) is 0 Å². The van der Waals surface area contributed by atoms with Crippen molar-refractivity contribution in [2.45, 2.75) is 19.6 Å². The molecule has 4 aromatic rings. The number of carbonyl (C=O) groups excluding carboxylic acids is 2. The summed E-state index contributed by atoms with van der Waals surface area (Å²) in [4.78, 5) is 28.7. The van der Waals surface area contributed by atoms with Crippen LogP contribution < -0.4 is 5.32 Å². The minimum absolute atomic E-state index is 0.377. The van der Waals surface area contributed by atoms with Crippen LogP contribution >= 0.6 is 0 Å². The quantitative estimate of drug-likeness (QED) is 0.499. The molecule has 150 valence electrons. The zero-order valence-corrected chi connectivity index (χ0v) is 16.4. The smallest absolute Gasteiger partial charge is 0.338 e. The number of nitrogens with one attached hydrogen (secondary N) is 1. The van der Waals surface area contributed by atoms with E-state index in [1.54, 1.807) is 30.1 Å². The molecule has 30 heavy (non-hydrogen) atoms. The number of ether oxygens (including phenoxy) is 1. The number of carbonyl (C=O) groups is 2. The summed E-state index contributed by atoms with van der Waals surface area (Å²) in [6.07, 6.45) is 2.16. The second-order valence-electron chi connectivity index (χ2n) is 6.89. The second-order valence-corrected chi connectivity index (χ2v) is 6.89. The van der Waals surface area contributed by atoms with Crippen LogP contribution in [0.2, 0.25) is 0 Å². The summed E-state index contributed by atoms with van der Waals surface area (Å²) >= 11 is 0. The van der Waals surface area contributed by atoms with Gasteiger partial charge >= 0.3 is 5.97 Å². The number of hydrogen-bond acceptors (Lipinski definition) is 5. The highest BCUT2D eigenvalue weighted by Gasteiger charge is 2.19. The first-order valence-electron chi connectivity index (χ1n) is 9.50. The van der Waals surface area contributed by atoms with Gasteiger partial charge in [0.25, 0.3) is 5.91 Å². The van der Waals surface area contributed by atoms with Crippen molar-refractivity contribution in [3.63, 3.8) is 0 Å². The maximum absolute atomic E-state index is 12.4. The number of aromatic nitrogens is 3. The predicted octanol–water partition coefficient (Wildman–Crippen LogP) is 3.66. The normalized spacial score (nSPS) is 11.8. The van der Waals surface area contributed by atoms with E-state index in [2.05, 4.69) is 15.4 Å². The number of rotatable bonds is 6. The number of amides is 1. The minimum atomic E-state index is -0.932. The van der Waals surface area contributed by atoms with Gasteiger partial charge in [-0.05, 0) is 47.5 Å². The molecular weight excluding hydrogens is 380 g/mol. The van der Waals surface area contributed by atoms with Gasteiger partial charge in [-0.15, -0.1) is 0 Å². The Balaban J connectivity index is 1.35. The fourth-order valence-electron chi connectivity index (χ4n) is 3.04. The zero-order chi connectivity index (χ0) is 20.9. The average molecular weight is 400 g/mol. The van der Waals surface area contributed by atoms with Gasteiger partial charge in [-0.1, -0.05) is 42.5 Å². The molecule has 0 aliphatic carbocycles. The SMILES string of the molecule is CC(OC(=O)c1ccc(Cn2cncn2)cc1)C(=O)Nc1ccc2ccccc2c1. The Morgan fingerprint density at radius 3 is 2.53 bits per heavy atom. The van der Waals surface area contributed by atoms with E-state index in [9.17, 15) is 9.59 Å². The maximum atomic E-state index is 12.4. The summed E-state index contributed by atoms with van der Waals surface area (Å²) in [5.74, 6) is -0.940. The van der Waals surface area contributed by atoms with E-state index >= 15 is 0 Å². The van der Waals surface area contributed by atoms with Crippen LogP contribution in [0.15, 0.2) is 79.4 Å². The molecule has 1 amide bonds. The summed E-state index contributed by atoms with van der Waals surface area (Å²) < 4.78 is 7.01. The van der Waals surface area contributed by atoms with Crippen LogP contribution in [0.3, 0.4) is 0 Å². The number of esters is 1. The van der Waals surface area contributed by atoms with Crippen molar-refractivity contribution in [3.05, 3.63) is 90.5 Å². The number of benzene rings is 3. The third kappa shape index (κ3) is 4.52. The van der Waals surface area contributed by atoms with Crippen molar-refractivity contribution < 1.29 is 14.3 Å². The first kappa shape index (κ1) is 19.3. The molecule has 1 N–H and O–H groups in total. The molecule has 3 aromatic carbocycles. The molecule has 0 saturated heterocycles. The summed E-state index contributed by atoms with van der Waals surface area (Å²) in [5.41, 5.74) is 2.00. The van der Waals surface area contributed by atoms with Crippen molar-refractivity contribution in [2.24, 2.45) is 0 Å². The van der Waals surface area contributed by atoms with Gasteiger partial charge in [-0.2, -0.15) is 5.10 Å². The lowest BCUT2D eigenvalue weighted by atomic mass is 10.1. The van der Waals surface area contributed by atoms with Crippen LogP contribution in [0.5, 0.6) is 0 Å². The Morgan fingerprint density at radius 2 is 1.80 bits per heavy atom. The van der Waals surface area contributed by atoms with Crippen molar-refractivity contribution in [2.75, 3.05) is 5.32 Å². The van der Waals surface area contributed by atoms with Gasteiger partial charge in [-0.25, -0.2) is 14.5 Å². The molecule has 7 nitrogen and oxygen atoms in total. The lowest BCUT2D eigenvalue weighted by molar-refractivity contribution is -0.123. The lowest BCUT2D eigenvalue weighted by Gasteiger charge is -2.14. The molecular formula is C23H20N4O3. The summed E-state index contributed by atoms with van der Waals surface area (Å²) in [5, 5.41) is 8.95. The van der Waals surface area contributed by atoms with E-state index in [0.29, 0.717) is 17.8 Å². The van der Waals surface area contributed by atoms with Crippen molar-refractivity contribution in [1.82, 2.24) is 14.8 Å². The molecule has 0 aliphatic rings. The molecule has 1 atom stereocenters. The monoisotopic (exact) mass is 400 g/mol. The Labute approximate surface area is 173 Å². The zero-order valence-electron chi connectivity index (χ0n) is 16.4. The summed E-state index contributed by atoms with van der Waals surface area (Å²) in [6.45, 7) is 2.10. The molecule has 1 aromatic heterocycles. The fraction of sp³-hybridized carbons (Fsp3) is 0.130. The number of hydrogen-bond donors (Lipinski definition) is 1. The van der Waals surface area contributed by atoms with Gasteiger partial charge in [0.1, 0.15) is 12.7 Å². The standard InChI is InChI=1S/C23H20N4O3/c1-16(22(28)26-21-11-10-18-4-2-3-5-20(18)12-21)30-23(29)19-8-6-17(7-9-19)13-27-15-24-14-25-27/h2-12,14-16H,13H2,1H3,(H,26,28). The predicted molar refractivity (Wildman–Crippen MR) is 113 cm³/mol. The van der Waals surface area contributed by atoms with Crippen LogP contribution in [0.1, 0.15) is 22.8 Å². The van der Waals surface area contributed by atoms with E-state index in [-0.39, 0.29) is 5.91 Å². The van der Waals surface area contributed by atoms with Crippen LogP contribution in [0.25, 0.3) is 10.8 Å². The number of anilines is 1. The van der Waals surface area contributed by atoms with Gasteiger partial charge in [0.15, 0.2) is 6.10 Å². The molecule has 0 radical (unpaired) electrons. The molecule has 0 spiro atoms. The average Bonchev–Trinajstić information content (AvgIpc) is 3.27. The molecule has 0 saturated carbocycles. The molecule has 1 heterocycles. The Kier molecular flexibility index (Phi) is 5.52. The van der Waals surface area contributed by atoms with Crippen LogP contribution in [0.4, 0.5) is 5.69 Å². The minimum Gasteiger partial charge on any atom is -0.449 e. The van der Waals surface area contributed by atoms with Crippen molar-refractivity contribution in [1.29, 1.82) is 0 Å². The molecule has 7 heteroatoms. The van der Waals surface area contributed by atoms with E-state index in [0.717, 1.165) is 16.3 Å². The van der Waals surface area contributed by atoms with Crippen LogP contribution in [-0.4, -0.2) is 32.7 Å². The van der Waals surface area contributed by atoms with Crippen LogP contribution in [-0.2, 0) is 16.1 Å². The highest BCUT2D eigenvalue weighted by Crippen LogP contribution is 2.19. The Bertz CT molecular complexity index is 1170. The van der Waals surface area contributed by atoms with Gasteiger partial charge in [0.2, 0.25) is 0 Å². The molecule has 4 rings (SSSR count). The molecule has 0 fully saturated rings. The molecule has 1 unspecified atom stereocenters. The largest absolute Gasteiger partial charge is 0.449 e. The second kappa shape index (κ2) is 8.57. The number of nitrogens with zero attached hydrogens (tertiary/aromatic N) is 3. The Hall–Kier alpha value is -4.00. The highest BCUT2D eigenvalue weighted by molar-refractivity contribution is 5.98. The Morgan fingerprint density at radius 1 is 1.03 bits per heavy atom. The van der Waals surface area contributed by atoms with Gasteiger partial charge in [-0.3, -0.25) is 4.79 Å². The van der Waals surface area contributed by atoms with E-state index in [1.165, 1.54) is 6.33 Å². The van der Waals surface area contributed by atoms with Gasteiger partial charge in [0, 0.05) is 5.69 Å². The van der Waals surface area contributed by atoms with Crippen molar-refractivity contribution in [3.8, 4) is 0 Å². The molecule has 0 bridgehead atoms. The van der Waals surface area contributed by atoms with Gasteiger partial charge in [0.05, 0.1) is 12.1 Å². The van der Waals surface area contributed by atoms with E-state index < -0.39 is 12.1 Å². The first-order chi connectivity index (χ1) is 14.6. The highest BCUT2D eigenvalue weighted by atomic mass is 16.5. The number of fused-ring (bicyclic) bond motifs is 1. The maximum Gasteiger partial charge on any atom is 0.338 e. The topological polar surface area (TPSA) is 86.1 Å². The van der Waals surface area contributed by atoms with Gasteiger partial charge < -0.3 is 10.1 Å². The van der Waals surface area contributed by atoms with Crippen molar-refractivity contribution >= 4 is 28.3 Å². The lowest BCUT2D eigenvalue weighted by Crippen LogP contribution is -2.30. The fourth-order valence-corrected chi connectivity index (χ4v) is 3.04. The summed E-state index contributed by atoms with van der Waals surface area (Å²) in [7, 11) is 0. The molecule has 0 aliphatic heterocycles. The third-order valence-corrected chi connectivity index (χ3v) is 4.67. The summed E-state index contributed by atoms with van der Waals surface area (Å²) in [6, 6.07) is 20.5. The van der Waals surface area contributed by atoms with E-state index in [4.69, 9.17) is 4.74 Å². The third-order valence-electron chi connectivity index (χ3n) is 4.67.